The number of carbonyl (C=O) groups is 1. The highest BCUT2D eigenvalue weighted by Gasteiger charge is 2.08. The van der Waals surface area contributed by atoms with Crippen LogP contribution in [0.2, 0.25) is 0 Å². The van der Waals surface area contributed by atoms with Crippen molar-refractivity contribution in [1.29, 1.82) is 0 Å². The van der Waals surface area contributed by atoms with E-state index in [9.17, 15) is 4.79 Å². The van der Waals surface area contributed by atoms with Gasteiger partial charge in [0.1, 0.15) is 12.4 Å². The first-order chi connectivity index (χ1) is 10.7. The van der Waals surface area contributed by atoms with Crippen molar-refractivity contribution < 1.29 is 9.53 Å². The van der Waals surface area contributed by atoms with Crippen LogP contribution in [-0.2, 0) is 4.79 Å². The highest BCUT2D eigenvalue weighted by Crippen LogP contribution is 2.24. The van der Waals surface area contributed by atoms with Gasteiger partial charge in [0.15, 0.2) is 0 Å². The van der Waals surface area contributed by atoms with Gasteiger partial charge in [-0.1, -0.05) is 45.7 Å². The fourth-order valence-electron chi connectivity index (χ4n) is 2.27. The third kappa shape index (κ3) is 6.94. The van der Waals surface area contributed by atoms with E-state index in [4.69, 9.17) is 4.74 Å². The van der Waals surface area contributed by atoms with Gasteiger partial charge in [0.05, 0.1) is 5.69 Å². The molecule has 1 aromatic carbocycles. The smallest absolute Gasteiger partial charge is 0.224 e. The summed E-state index contributed by atoms with van der Waals surface area (Å²) in [5.74, 6) is 0.812. The quantitative estimate of drug-likeness (QED) is 0.630. The lowest BCUT2D eigenvalue weighted by molar-refractivity contribution is -0.116. The lowest BCUT2D eigenvalue weighted by atomic mass is 10.2. The van der Waals surface area contributed by atoms with Gasteiger partial charge in [-0.15, -0.1) is 0 Å². The number of anilines is 1. The molecule has 0 aliphatic rings. The van der Waals surface area contributed by atoms with Gasteiger partial charge in [0.2, 0.25) is 5.91 Å². The second-order valence-electron chi connectivity index (χ2n) is 5.38. The van der Waals surface area contributed by atoms with Crippen molar-refractivity contribution in [2.75, 3.05) is 31.6 Å². The second kappa shape index (κ2) is 11.1. The normalized spacial score (nSPS) is 10.7. The molecule has 0 radical (unpaired) electrons. The van der Waals surface area contributed by atoms with Crippen molar-refractivity contribution in [2.45, 2.75) is 46.5 Å². The maximum absolute atomic E-state index is 11.9. The van der Waals surface area contributed by atoms with Gasteiger partial charge in [0, 0.05) is 13.0 Å². The number of nitrogens with zero attached hydrogens (tertiary/aromatic N) is 1. The predicted molar refractivity (Wildman–Crippen MR) is 92.5 cm³/mol. The van der Waals surface area contributed by atoms with Gasteiger partial charge in [-0.25, -0.2) is 0 Å². The minimum absolute atomic E-state index is 0.0632. The Hall–Kier alpha value is -1.55. The molecule has 4 nitrogen and oxygen atoms in total. The number of nitrogens with one attached hydrogen (secondary N) is 1. The zero-order valence-electron chi connectivity index (χ0n) is 14.2. The number of ether oxygens (including phenoxy) is 1. The first kappa shape index (κ1) is 18.5. The van der Waals surface area contributed by atoms with Gasteiger partial charge >= 0.3 is 0 Å². The fourth-order valence-corrected chi connectivity index (χ4v) is 2.27. The highest BCUT2D eigenvalue weighted by atomic mass is 16.5. The van der Waals surface area contributed by atoms with Crippen LogP contribution in [0, 0.1) is 0 Å². The monoisotopic (exact) mass is 306 g/mol. The van der Waals surface area contributed by atoms with Crippen molar-refractivity contribution in [3.05, 3.63) is 24.3 Å². The Morgan fingerprint density at radius 1 is 1.14 bits per heavy atom. The SMILES string of the molecule is CCCCCC(=O)Nc1ccccc1OCCN(CC)CC. The molecule has 0 aliphatic heterocycles. The molecule has 0 saturated carbocycles. The van der Waals surface area contributed by atoms with E-state index < -0.39 is 0 Å². The maximum Gasteiger partial charge on any atom is 0.224 e. The minimum Gasteiger partial charge on any atom is -0.490 e. The number of para-hydroxylation sites is 2. The Morgan fingerprint density at radius 2 is 1.86 bits per heavy atom. The number of likely N-dealkylation sites (N-methyl/N-ethyl adjacent to an activating group) is 1. The Bertz CT molecular complexity index is 431. The molecule has 0 spiro atoms. The summed E-state index contributed by atoms with van der Waals surface area (Å²) in [4.78, 5) is 14.3. The summed E-state index contributed by atoms with van der Waals surface area (Å²) in [6.45, 7) is 10.0. The summed E-state index contributed by atoms with van der Waals surface area (Å²) in [6, 6.07) is 7.65. The number of amides is 1. The van der Waals surface area contributed by atoms with Gasteiger partial charge in [0.25, 0.3) is 0 Å². The summed E-state index contributed by atoms with van der Waals surface area (Å²) in [5, 5.41) is 2.96. The van der Waals surface area contributed by atoms with Gasteiger partial charge < -0.3 is 15.0 Å². The zero-order chi connectivity index (χ0) is 16.2. The Balaban J connectivity index is 2.49. The standard InChI is InChI=1S/C18H30N2O2/c1-4-7-8-13-18(21)19-16-11-9-10-12-17(16)22-15-14-20(5-2)6-3/h9-12H,4-8,13-15H2,1-3H3,(H,19,21). The number of hydrogen-bond donors (Lipinski definition) is 1. The molecule has 0 saturated heterocycles. The third-order valence-electron chi connectivity index (χ3n) is 3.73. The topological polar surface area (TPSA) is 41.6 Å². The maximum atomic E-state index is 11.9. The molecular formula is C18H30N2O2. The molecule has 1 aromatic rings. The Labute approximate surface area is 134 Å². The molecule has 0 atom stereocenters. The fraction of sp³-hybridized carbons (Fsp3) is 0.611. The summed E-state index contributed by atoms with van der Waals surface area (Å²) in [6.07, 6.45) is 3.72. The average Bonchev–Trinajstić information content (AvgIpc) is 2.53. The van der Waals surface area contributed by atoms with E-state index in [0.29, 0.717) is 13.0 Å². The first-order valence-corrected chi connectivity index (χ1v) is 8.45. The molecule has 1 N–H and O–H groups in total. The molecule has 0 bridgehead atoms. The Kier molecular flexibility index (Phi) is 9.31. The molecule has 0 unspecified atom stereocenters. The number of benzene rings is 1. The van der Waals surface area contributed by atoms with Gasteiger partial charge in [-0.2, -0.15) is 0 Å². The Morgan fingerprint density at radius 3 is 2.55 bits per heavy atom. The van der Waals surface area contributed by atoms with E-state index in [0.717, 1.165) is 50.3 Å². The number of unbranched alkanes of at least 4 members (excludes halogenated alkanes) is 2. The predicted octanol–water partition coefficient (Wildman–Crippen LogP) is 3.93. The summed E-state index contributed by atoms with van der Waals surface area (Å²) in [5.41, 5.74) is 0.767. The highest BCUT2D eigenvalue weighted by molar-refractivity contribution is 5.92. The van der Waals surface area contributed by atoms with Crippen LogP contribution >= 0.6 is 0 Å². The molecule has 124 valence electrons. The van der Waals surface area contributed by atoms with Crippen LogP contribution in [-0.4, -0.2) is 37.0 Å². The molecule has 0 heterocycles. The van der Waals surface area contributed by atoms with Crippen molar-refractivity contribution in [1.82, 2.24) is 4.90 Å². The van der Waals surface area contributed by atoms with E-state index >= 15 is 0 Å². The van der Waals surface area contributed by atoms with Crippen LogP contribution in [0.4, 0.5) is 5.69 Å². The van der Waals surface area contributed by atoms with Crippen LogP contribution in [0.25, 0.3) is 0 Å². The lowest BCUT2D eigenvalue weighted by Crippen LogP contribution is -2.28. The summed E-state index contributed by atoms with van der Waals surface area (Å²) >= 11 is 0. The van der Waals surface area contributed by atoms with E-state index in [2.05, 4.69) is 31.0 Å². The van der Waals surface area contributed by atoms with Gasteiger partial charge in [-0.3, -0.25) is 4.79 Å². The van der Waals surface area contributed by atoms with Crippen molar-refractivity contribution in [3.8, 4) is 5.75 Å². The molecule has 4 heteroatoms. The van der Waals surface area contributed by atoms with E-state index in [1.54, 1.807) is 0 Å². The first-order valence-electron chi connectivity index (χ1n) is 8.45. The van der Waals surface area contributed by atoms with Crippen molar-refractivity contribution >= 4 is 11.6 Å². The third-order valence-corrected chi connectivity index (χ3v) is 3.73. The average molecular weight is 306 g/mol. The van der Waals surface area contributed by atoms with Crippen LogP contribution < -0.4 is 10.1 Å². The van der Waals surface area contributed by atoms with Crippen molar-refractivity contribution in [2.24, 2.45) is 0 Å². The number of rotatable bonds is 11. The molecule has 0 aromatic heterocycles. The molecule has 1 rings (SSSR count). The number of carbonyl (C=O) groups excluding carboxylic acids is 1. The van der Waals surface area contributed by atoms with Crippen LogP contribution in [0.15, 0.2) is 24.3 Å². The van der Waals surface area contributed by atoms with Crippen LogP contribution in [0.5, 0.6) is 5.75 Å². The van der Waals surface area contributed by atoms with Crippen molar-refractivity contribution in [3.63, 3.8) is 0 Å². The second-order valence-corrected chi connectivity index (χ2v) is 5.38. The molecule has 0 fully saturated rings. The molecule has 1 amide bonds. The summed E-state index contributed by atoms with van der Waals surface area (Å²) in [7, 11) is 0. The van der Waals surface area contributed by atoms with E-state index in [-0.39, 0.29) is 5.91 Å². The van der Waals surface area contributed by atoms with Crippen LogP contribution in [0.1, 0.15) is 46.5 Å². The minimum atomic E-state index is 0.0632. The molecule has 0 aliphatic carbocycles. The number of hydrogen-bond acceptors (Lipinski definition) is 3. The molecular weight excluding hydrogens is 276 g/mol. The zero-order valence-corrected chi connectivity index (χ0v) is 14.2. The molecule has 22 heavy (non-hydrogen) atoms. The van der Waals surface area contributed by atoms with Gasteiger partial charge in [-0.05, 0) is 31.6 Å². The largest absolute Gasteiger partial charge is 0.490 e. The van der Waals surface area contributed by atoms with Crippen LogP contribution in [0.3, 0.4) is 0 Å². The summed E-state index contributed by atoms with van der Waals surface area (Å²) < 4.78 is 5.84. The van der Waals surface area contributed by atoms with E-state index in [1.165, 1.54) is 0 Å². The lowest BCUT2D eigenvalue weighted by Gasteiger charge is -2.19. The van der Waals surface area contributed by atoms with E-state index in [1.807, 2.05) is 24.3 Å².